The number of Topliss-reactive ketones (excluding diaryl/α,β-unsaturated/α-hetero) is 1. The zero-order chi connectivity index (χ0) is 25.2. The second-order valence-corrected chi connectivity index (χ2v) is 8.67. The number of hydrogen-bond donors (Lipinski definition) is 1. The molecular weight excluding hydrogens is 456 g/mol. The summed E-state index contributed by atoms with van der Waals surface area (Å²) < 4.78 is 11.1. The van der Waals surface area contributed by atoms with Crippen molar-refractivity contribution in [2.24, 2.45) is 0 Å². The molecular formula is C29H24N2O5. The molecule has 1 fully saturated rings. The third-order valence-corrected chi connectivity index (χ3v) is 6.08. The molecule has 1 N–H and O–H groups in total. The number of hydrogen-bond acceptors (Lipinski definition) is 6. The molecule has 5 rings (SSSR count). The van der Waals surface area contributed by atoms with Crippen LogP contribution in [0.3, 0.4) is 0 Å². The molecule has 2 heterocycles. The molecule has 4 aromatic rings. The number of aryl methyl sites for hydroxylation is 2. The van der Waals surface area contributed by atoms with Gasteiger partial charge in [-0.2, -0.15) is 0 Å². The van der Waals surface area contributed by atoms with E-state index >= 15 is 0 Å². The van der Waals surface area contributed by atoms with Gasteiger partial charge in [-0.25, -0.2) is 0 Å². The van der Waals surface area contributed by atoms with E-state index in [1.165, 1.54) is 4.90 Å². The summed E-state index contributed by atoms with van der Waals surface area (Å²) in [4.78, 5) is 27.6. The van der Waals surface area contributed by atoms with Gasteiger partial charge in [0.1, 0.15) is 23.9 Å². The number of aliphatic hydroxyl groups is 1. The van der Waals surface area contributed by atoms with Gasteiger partial charge in [0.25, 0.3) is 5.78 Å². The van der Waals surface area contributed by atoms with Crippen LogP contribution < -0.4 is 9.64 Å². The normalized spacial score (nSPS) is 16.9. The third kappa shape index (κ3) is 4.38. The zero-order valence-corrected chi connectivity index (χ0v) is 19.8. The number of benzene rings is 3. The number of nitrogens with zero attached hydrogens (tertiary/aromatic N) is 2. The van der Waals surface area contributed by atoms with Gasteiger partial charge in [0.2, 0.25) is 0 Å². The van der Waals surface area contributed by atoms with Gasteiger partial charge in [-0.05, 0) is 37.1 Å². The molecule has 1 atom stereocenters. The summed E-state index contributed by atoms with van der Waals surface area (Å²) in [5.74, 6) is -0.490. The first-order chi connectivity index (χ1) is 17.4. The minimum Gasteiger partial charge on any atom is -0.507 e. The first kappa shape index (κ1) is 23.1. The van der Waals surface area contributed by atoms with Crippen LogP contribution in [0.1, 0.15) is 34.1 Å². The Morgan fingerprint density at radius 3 is 2.31 bits per heavy atom. The Labute approximate surface area is 208 Å². The monoisotopic (exact) mass is 480 g/mol. The van der Waals surface area contributed by atoms with Crippen molar-refractivity contribution < 1.29 is 24.0 Å². The van der Waals surface area contributed by atoms with Crippen molar-refractivity contribution >= 4 is 23.3 Å². The Balaban J connectivity index is 1.54. The Bertz CT molecular complexity index is 1440. The van der Waals surface area contributed by atoms with Crippen LogP contribution in [0.25, 0.3) is 5.76 Å². The zero-order valence-electron chi connectivity index (χ0n) is 19.8. The third-order valence-electron chi connectivity index (χ3n) is 6.08. The highest BCUT2D eigenvalue weighted by Gasteiger charge is 2.48. The summed E-state index contributed by atoms with van der Waals surface area (Å²) in [6.07, 6.45) is 0. The van der Waals surface area contributed by atoms with E-state index in [2.05, 4.69) is 5.16 Å². The number of anilines is 1. The van der Waals surface area contributed by atoms with E-state index in [4.69, 9.17) is 9.26 Å². The Morgan fingerprint density at radius 2 is 1.67 bits per heavy atom. The fourth-order valence-corrected chi connectivity index (χ4v) is 4.21. The number of aliphatic hydroxyl groups excluding tert-OH is 1. The van der Waals surface area contributed by atoms with Gasteiger partial charge in [-0.15, -0.1) is 0 Å². The minimum absolute atomic E-state index is 0.0116. The predicted molar refractivity (Wildman–Crippen MR) is 134 cm³/mol. The van der Waals surface area contributed by atoms with Crippen molar-refractivity contribution in [3.8, 4) is 5.75 Å². The molecule has 0 aliphatic carbocycles. The van der Waals surface area contributed by atoms with Crippen LogP contribution in [-0.2, 0) is 16.2 Å². The summed E-state index contributed by atoms with van der Waals surface area (Å²) in [6.45, 7) is 4.04. The van der Waals surface area contributed by atoms with Gasteiger partial charge >= 0.3 is 5.91 Å². The molecule has 1 unspecified atom stereocenters. The van der Waals surface area contributed by atoms with Crippen LogP contribution in [-0.4, -0.2) is 22.0 Å². The largest absolute Gasteiger partial charge is 0.507 e. The van der Waals surface area contributed by atoms with Crippen LogP contribution in [0.4, 0.5) is 5.82 Å². The van der Waals surface area contributed by atoms with E-state index in [-0.39, 0.29) is 17.2 Å². The van der Waals surface area contributed by atoms with Crippen LogP contribution >= 0.6 is 0 Å². The number of carbonyl (C=O) groups excluding carboxylic acids is 2. The SMILES string of the molecule is Cc1ccc(/C(O)=C2/C(=O)C(=O)N(c3cc(C)on3)C2c2ccc(OCc3ccccc3)cc2)cc1. The molecule has 0 saturated carbocycles. The van der Waals surface area contributed by atoms with Gasteiger partial charge in [0.15, 0.2) is 5.82 Å². The van der Waals surface area contributed by atoms with Gasteiger partial charge in [0, 0.05) is 11.6 Å². The van der Waals surface area contributed by atoms with E-state index in [1.54, 1.807) is 49.4 Å². The van der Waals surface area contributed by atoms with E-state index < -0.39 is 17.7 Å². The number of ketones is 1. The quantitative estimate of drug-likeness (QED) is 0.223. The maximum Gasteiger partial charge on any atom is 0.301 e. The van der Waals surface area contributed by atoms with Gasteiger partial charge in [-0.1, -0.05) is 77.5 Å². The Morgan fingerprint density at radius 1 is 0.972 bits per heavy atom. The standard InChI is InChI=1S/C29H24N2O5/c1-18-8-10-22(11-9-18)27(32)25-26(31(29(34)28(25)33)24-16-19(2)36-30-24)21-12-14-23(15-13-21)35-17-20-6-4-3-5-7-20/h3-16,26,32H,17H2,1-2H3/b27-25-. The van der Waals surface area contributed by atoms with Crippen molar-refractivity contribution in [3.05, 3.63) is 119 Å². The molecule has 1 saturated heterocycles. The molecule has 0 bridgehead atoms. The summed E-state index contributed by atoms with van der Waals surface area (Å²) in [7, 11) is 0. The van der Waals surface area contributed by atoms with Crippen LogP contribution in [0, 0.1) is 13.8 Å². The maximum atomic E-state index is 13.2. The smallest absolute Gasteiger partial charge is 0.301 e. The van der Waals surface area contributed by atoms with Crippen LogP contribution in [0.2, 0.25) is 0 Å². The average Bonchev–Trinajstić information content (AvgIpc) is 3.44. The molecule has 0 spiro atoms. The summed E-state index contributed by atoms with van der Waals surface area (Å²) in [5.41, 5.74) is 3.10. The molecule has 180 valence electrons. The van der Waals surface area contributed by atoms with Gasteiger partial charge < -0.3 is 14.4 Å². The molecule has 7 heteroatoms. The lowest BCUT2D eigenvalue weighted by molar-refractivity contribution is -0.132. The molecule has 3 aromatic carbocycles. The molecule has 1 aromatic heterocycles. The van der Waals surface area contributed by atoms with E-state index in [0.717, 1.165) is 11.1 Å². The molecule has 1 amide bonds. The molecule has 0 radical (unpaired) electrons. The van der Waals surface area contributed by atoms with E-state index in [1.807, 2.05) is 49.4 Å². The molecule has 7 nitrogen and oxygen atoms in total. The number of rotatable bonds is 6. The molecule has 1 aliphatic rings. The number of carbonyl (C=O) groups is 2. The number of amides is 1. The Kier molecular flexibility index (Phi) is 6.12. The highest BCUT2D eigenvalue weighted by molar-refractivity contribution is 6.51. The lowest BCUT2D eigenvalue weighted by atomic mass is 9.95. The van der Waals surface area contributed by atoms with Crippen LogP contribution in [0.5, 0.6) is 5.75 Å². The lowest BCUT2D eigenvalue weighted by Crippen LogP contribution is -2.29. The van der Waals surface area contributed by atoms with Crippen molar-refractivity contribution in [2.45, 2.75) is 26.5 Å². The minimum atomic E-state index is -0.890. The number of ether oxygens (including phenoxy) is 1. The molecule has 1 aliphatic heterocycles. The number of aromatic nitrogens is 1. The second-order valence-electron chi connectivity index (χ2n) is 8.67. The van der Waals surface area contributed by atoms with Gasteiger partial charge in [0.05, 0.1) is 11.6 Å². The fourth-order valence-electron chi connectivity index (χ4n) is 4.21. The van der Waals surface area contributed by atoms with Crippen LogP contribution in [0.15, 0.2) is 95.0 Å². The highest BCUT2D eigenvalue weighted by Crippen LogP contribution is 2.42. The molecule has 36 heavy (non-hydrogen) atoms. The van der Waals surface area contributed by atoms with Gasteiger partial charge in [-0.3, -0.25) is 14.5 Å². The highest BCUT2D eigenvalue weighted by atomic mass is 16.5. The summed E-state index contributed by atoms with van der Waals surface area (Å²) >= 11 is 0. The van der Waals surface area contributed by atoms with E-state index in [9.17, 15) is 14.7 Å². The van der Waals surface area contributed by atoms with E-state index in [0.29, 0.717) is 29.2 Å². The summed E-state index contributed by atoms with van der Waals surface area (Å²) in [5, 5.41) is 15.1. The summed E-state index contributed by atoms with van der Waals surface area (Å²) in [6, 6.07) is 24.7. The Hall–Kier alpha value is -4.65. The fraction of sp³-hybridized carbons (Fsp3) is 0.138. The van der Waals surface area contributed by atoms with Crippen molar-refractivity contribution in [2.75, 3.05) is 4.90 Å². The van der Waals surface area contributed by atoms with Crippen molar-refractivity contribution in [1.29, 1.82) is 0 Å². The average molecular weight is 481 g/mol. The second kappa shape index (κ2) is 9.54. The first-order valence-corrected chi connectivity index (χ1v) is 11.5. The van der Waals surface area contributed by atoms with Crippen molar-refractivity contribution in [1.82, 2.24) is 5.16 Å². The lowest BCUT2D eigenvalue weighted by Gasteiger charge is -2.23. The predicted octanol–water partition coefficient (Wildman–Crippen LogP) is 5.50. The maximum absolute atomic E-state index is 13.2. The van der Waals surface area contributed by atoms with Crippen molar-refractivity contribution in [3.63, 3.8) is 0 Å². The topological polar surface area (TPSA) is 92.9 Å². The first-order valence-electron chi connectivity index (χ1n) is 11.5.